The molecule has 1 aromatic carbocycles. The minimum absolute atomic E-state index is 0.582. The Kier molecular flexibility index (Phi) is 2.10. The van der Waals surface area contributed by atoms with Gasteiger partial charge in [-0.2, -0.15) is 20.1 Å². The van der Waals surface area contributed by atoms with Gasteiger partial charge in [-0.05, 0) is 27.1 Å². The largest absolute Gasteiger partial charge is 0.270 e. The highest BCUT2D eigenvalue weighted by molar-refractivity contribution is 7.09. The molecule has 0 aliphatic heterocycles. The summed E-state index contributed by atoms with van der Waals surface area (Å²) in [5.41, 5.74) is 0.582. The fourth-order valence-corrected chi connectivity index (χ4v) is 2.09. The molecule has 0 atom stereocenters. The minimum Gasteiger partial charge on any atom is -0.173 e. The summed E-state index contributed by atoms with van der Waals surface area (Å²) < 4.78 is 24.0. The lowest BCUT2D eigenvalue weighted by Gasteiger charge is -1.94. The molecule has 2 aromatic rings. The van der Waals surface area contributed by atoms with Gasteiger partial charge in [-0.1, -0.05) is 18.2 Å². The highest BCUT2D eigenvalue weighted by Gasteiger charge is 2.00. The Hall–Kier alpha value is -1.22. The van der Waals surface area contributed by atoms with Crippen molar-refractivity contribution in [2.75, 3.05) is 0 Å². The van der Waals surface area contributed by atoms with E-state index in [9.17, 15) is 8.78 Å². The lowest BCUT2D eigenvalue weighted by Crippen LogP contribution is -1.72. The van der Waals surface area contributed by atoms with Crippen molar-refractivity contribution in [2.45, 2.75) is 0 Å². The number of thiophene rings is 1. The Labute approximate surface area is 78.1 Å². The van der Waals surface area contributed by atoms with Crippen molar-refractivity contribution in [1.82, 2.24) is 0 Å². The fourth-order valence-electron chi connectivity index (χ4n) is 1.26. The van der Waals surface area contributed by atoms with E-state index in [1.54, 1.807) is 12.1 Å². The Balaban J connectivity index is 2.68. The maximum absolute atomic E-state index is 12.0. The first kappa shape index (κ1) is 8.38. The van der Waals surface area contributed by atoms with Gasteiger partial charge >= 0.3 is 0 Å². The van der Waals surface area contributed by atoms with Crippen LogP contribution in [0.2, 0.25) is 0 Å². The van der Waals surface area contributed by atoms with Crippen LogP contribution in [0.3, 0.4) is 0 Å². The van der Waals surface area contributed by atoms with E-state index in [1.807, 2.05) is 16.8 Å². The molecule has 0 spiro atoms. The molecule has 0 radical (unpaired) electrons. The molecule has 1 aromatic heterocycles. The average molecular weight is 196 g/mol. The van der Waals surface area contributed by atoms with Crippen LogP contribution in [0.5, 0.6) is 0 Å². The molecule has 2 rings (SSSR count). The van der Waals surface area contributed by atoms with Crippen LogP contribution in [0.4, 0.5) is 8.78 Å². The van der Waals surface area contributed by atoms with E-state index in [2.05, 4.69) is 0 Å². The third-order valence-corrected chi connectivity index (χ3v) is 2.58. The molecule has 0 saturated carbocycles. The number of hydrogen-bond acceptors (Lipinski definition) is 1. The summed E-state index contributed by atoms with van der Waals surface area (Å²) in [7, 11) is 0. The number of hydrogen-bond donors (Lipinski definition) is 0. The lowest BCUT2D eigenvalue weighted by molar-refractivity contribution is 0.429. The van der Waals surface area contributed by atoms with Crippen LogP contribution in [-0.2, 0) is 0 Å². The summed E-state index contributed by atoms with van der Waals surface area (Å²) in [5, 5.41) is 5.73. The summed E-state index contributed by atoms with van der Waals surface area (Å²) in [5.74, 6) is 0. The van der Waals surface area contributed by atoms with Gasteiger partial charge in [0.05, 0.1) is 0 Å². The van der Waals surface area contributed by atoms with E-state index < -0.39 is 6.08 Å². The van der Waals surface area contributed by atoms with Gasteiger partial charge in [0.2, 0.25) is 0 Å². The summed E-state index contributed by atoms with van der Waals surface area (Å²) in [4.78, 5) is 0. The zero-order valence-corrected chi connectivity index (χ0v) is 7.44. The minimum atomic E-state index is -1.65. The Morgan fingerprint density at radius 2 is 2.08 bits per heavy atom. The number of halogens is 2. The van der Waals surface area contributed by atoms with Crippen LogP contribution in [0, 0.1) is 0 Å². The van der Waals surface area contributed by atoms with Crippen molar-refractivity contribution < 1.29 is 8.78 Å². The van der Waals surface area contributed by atoms with Crippen LogP contribution in [0.1, 0.15) is 5.56 Å². The van der Waals surface area contributed by atoms with Crippen molar-refractivity contribution in [3.8, 4) is 0 Å². The summed E-state index contributed by atoms with van der Waals surface area (Å²) in [6, 6.07) is 5.39. The van der Waals surface area contributed by atoms with Crippen LogP contribution in [0.25, 0.3) is 16.8 Å². The molecule has 0 aliphatic carbocycles. The lowest BCUT2D eigenvalue weighted by atomic mass is 10.1. The van der Waals surface area contributed by atoms with Gasteiger partial charge in [0.1, 0.15) is 0 Å². The van der Waals surface area contributed by atoms with Crippen molar-refractivity contribution in [3.63, 3.8) is 0 Å². The maximum Gasteiger partial charge on any atom is 0.270 e. The molecule has 0 amide bonds. The van der Waals surface area contributed by atoms with Gasteiger partial charge in [0, 0.05) is 6.08 Å². The molecule has 0 saturated heterocycles. The molecule has 13 heavy (non-hydrogen) atoms. The van der Waals surface area contributed by atoms with E-state index in [0.717, 1.165) is 16.8 Å². The van der Waals surface area contributed by atoms with E-state index in [1.165, 1.54) is 11.3 Å². The van der Waals surface area contributed by atoms with Crippen LogP contribution >= 0.6 is 11.3 Å². The summed E-state index contributed by atoms with van der Waals surface area (Å²) in [6.45, 7) is 0. The molecule has 0 nitrogen and oxygen atoms in total. The third kappa shape index (κ3) is 1.60. The van der Waals surface area contributed by atoms with Crippen LogP contribution < -0.4 is 0 Å². The molecular formula is C10H6F2S. The zero-order valence-electron chi connectivity index (χ0n) is 6.63. The van der Waals surface area contributed by atoms with E-state index in [-0.39, 0.29) is 0 Å². The molecular weight excluding hydrogens is 190 g/mol. The first-order valence-corrected chi connectivity index (χ1v) is 4.69. The Morgan fingerprint density at radius 3 is 2.85 bits per heavy atom. The standard InChI is InChI=1S/C10H6F2S/c11-10(12)4-7-2-1-3-8-5-13-6-9(7)8/h1-6H. The second-order valence-electron chi connectivity index (χ2n) is 2.66. The topological polar surface area (TPSA) is 0 Å². The quantitative estimate of drug-likeness (QED) is 0.643. The molecule has 66 valence electrons. The van der Waals surface area contributed by atoms with Gasteiger partial charge in [0.25, 0.3) is 6.08 Å². The molecule has 3 heteroatoms. The van der Waals surface area contributed by atoms with E-state index in [0.29, 0.717) is 5.56 Å². The smallest absolute Gasteiger partial charge is 0.173 e. The van der Waals surface area contributed by atoms with E-state index in [4.69, 9.17) is 0 Å². The Morgan fingerprint density at radius 1 is 1.23 bits per heavy atom. The first-order chi connectivity index (χ1) is 6.27. The number of rotatable bonds is 1. The van der Waals surface area contributed by atoms with Gasteiger partial charge in [-0.25, -0.2) is 0 Å². The third-order valence-electron chi connectivity index (χ3n) is 1.82. The maximum atomic E-state index is 12.0. The second-order valence-corrected chi connectivity index (χ2v) is 3.40. The van der Waals surface area contributed by atoms with Crippen molar-refractivity contribution in [2.24, 2.45) is 0 Å². The molecule has 0 aliphatic rings. The van der Waals surface area contributed by atoms with Gasteiger partial charge in [-0.3, -0.25) is 0 Å². The average Bonchev–Trinajstić information content (AvgIpc) is 2.51. The van der Waals surface area contributed by atoms with Gasteiger partial charge < -0.3 is 0 Å². The van der Waals surface area contributed by atoms with Gasteiger partial charge in [-0.15, -0.1) is 0 Å². The summed E-state index contributed by atoms with van der Waals surface area (Å²) in [6.07, 6.45) is -0.756. The van der Waals surface area contributed by atoms with Gasteiger partial charge in [0.15, 0.2) is 0 Å². The predicted molar refractivity (Wildman–Crippen MR) is 52.0 cm³/mol. The first-order valence-electron chi connectivity index (χ1n) is 3.75. The number of benzene rings is 1. The van der Waals surface area contributed by atoms with Crippen LogP contribution in [-0.4, -0.2) is 0 Å². The molecule has 0 bridgehead atoms. The van der Waals surface area contributed by atoms with E-state index >= 15 is 0 Å². The molecule has 0 unspecified atom stereocenters. The highest BCUT2D eigenvalue weighted by Crippen LogP contribution is 2.24. The van der Waals surface area contributed by atoms with Crippen LogP contribution in [0.15, 0.2) is 35.0 Å². The van der Waals surface area contributed by atoms with Crippen molar-refractivity contribution >= 4 is 28.2 Å². The normalized spacial score (nSPS) is 10.3. The molecule has 0 fully saturated rings. The number of fused-ring (bicyclic) bond motifs is 1. The highest BCUT2D eigenvalue weighted by atomic mass is 32.1. The predicted octanol–water partition coefficient (Wildman–Crippen LogP) is 4.14. The zero-order chi connectivity index (χ0) is 9.26. The monoisotopic (exact) mass is 196 g/mol. The Bertz CT molecular complexity index is 453. The SMILES string of the molecule is FC(F)=Cc1cccc2cscc12. The van der Waals surface area contributed by atoms with Crippen molar-refractivity contribution in [1.29, 1.82) is 0 Å². The summed E-state index contributed by atoms with van der Waals surface area (Å²) >= 11 is 1.52. The second kappa shape index (κ2) is 3.26. The molecule has 0 N–H and O–H groups in total. The van der Waals surface area contributed by atoms with Crippen molar-refractivity contribution in [3.05, 3.63) is 40.6 Å². The molecule has 1 heterocycles. The fraction of sp³-hybridized carbons (Fsp3) is 0.